The van der Waals surface area contributed by atoms with Crippen molar-refractivity contribution in [1.29, 1.82) is 0 Å². The number of hydrogen-bond acceptors (Lipinski definition) is 2. The fourth-order valence-corrected chi connectivity index (χ4v) is 6.05. The van der Waals surface area contributed by atoms with Crippen LogP contribution < -0.4 is 5.46 Å². The zero-order valence-corrected chi connectivity index (χ0v) is 22.4. The Morgan fingerprint density at radius 3 is 2.11 bits per heavy atom. The summed E-state index contributed by atoms with van der Waals surface area (Å²) in [4.78, 5) is 0. The van der Waals surface area contributed by atoms with Gasteiger partial charge in [-0.25, -0.2) is 0 Å². The molecule has 1 atom stereocenters. The molecule has 1 aliphatic heterocycles. The van der Waals surface area contributed by atoms with Gasteiger partial charge in [0.2, 0.25) is 0 Å². The van der Waals surface area contributed by atoms with Crippen LogP contribution in [0.4, 0.5) is 0 Å². The van der Waals surface area contributed by atoms with Gasteiger partial charge in [-0.2, -0.15) is 0 Å². The first-order chi connectivity index (χ1) is 18.3. The van der Waals surface area contributed by atoms with Crippen LogP contribution in [0.25, 0.3) is 33.0 Å². The zero-order chi connectivity index (χ0) is 26.1. The first kappa shape index (κ1) is 23.5. The molecule has 0 saturated carbocycles. The lowest BCUT2D eigenvalue weighted by atomic mass is 9.78. The highest BCUT2D eigenvalue weighted by molar-refractivity contribution is 6.62. The van der Waals surface area contributed by atoms with Crippen LogP contribution in [0.5, 0.6) is 0 Å². The summed E-state index contributed by atoms with van der Waals surface area (Å²) in [6, 6.07) is 39.8. The van der Waals surface area contributed by atoms with E-state index in [0.717, 1.165) is 5.46 Å². The molecule has 1 aliphatic carbocycles. The predicted molar refractivity (Wildman–Crippen MR) is 158 cm³/mol. The van der Waals surface area contributed by atoms with Gasteiger partial charge in [-0.3, -0.25) is 0 Å². The molecule has 7 rings (SSSR count). The lowest BCUT2D eigenvalue weighted by molar-refractivity contribution is 0.00578. The van der Waals surface area contributed by atoms with E-state index in [2.05, 4.69) is 137 Å². The van der Waals surface area contributed by atoms with Crippen LogP contribution in [0.2, 0.25) is 0 Å². The fourth-order valence-electron chi connectivity index (χ4n) is 6.05. The van der Waals surface area contributed by atoms with E-state index in [0.29, 0.717) is 0 Å². The second-order valence-corrected chi connectivity index (χ2v) is 11.6. The second kappa shape index (κ2) is 8.43. The fraction of sp³-hybridized carbons (Fsp3) is 0.200. The average Bonchev–Trinajstić information content (AvgIpc) is 3.38. The Morgan fingerprint density at radius 1 is 0.605 bits per heavy atom. The number of benzene rings is 5. The first-order valence-electron chi connectivity index (χ1n) is 13.5. The van der Waals surface area contributed by atoms with E-state index in [1.54, 1.807) is 0 Å². The SMILES string of the molecule is CC1(C)OB(c2cccc(-c3ccc4c(c3)C(c3ccccc3)c3ccc5ccccc5c3-4)c2)OC1(C)C. The van der Waals surface area contributed by atoms with Crippen LogP contribution in [0.15, 0.2) is 109 Å². The van der Waals surface area contributed by atoms with Gasteiger partial charge in [-0.05, 0) is 88.9 Å². The molecular weight excluding hydrogens is 463 g/mol. The highest BCUT2D eigenvalue weighted by Crippen LogP contribution is 2.51. The third-order valence-corrected chi connectivity index (χ3v) is 8.78. The summed E-state index contributed by atoms with van der Waals surface area (Å²) in [7, 11) is -0.373. The summed E-state index contributed by atoms with van der Waals surface area (Å²) < 4.78 is 12.7. The van der Waals surface area contributed by atoms with Crippen LogP contribution in [0, 0.1) is 0 Å². The summed E-state index contributed by atoms with van der Waals surface area (Å²) >= 11 is 0. The molecule has 5 aromatic rings. The van der Waals surface area contributed by atoms with Crippen molar-refractivity contribution in [1.82, 2.24) is 0 Å². The summed E-state index contributed by atoms with van der Waals surface area (Å²) in [5, 5.41) is 2.60. The minimum Gasteiger partial charge on any atom is -0.399 e. The molecule has 3 heteroatoms. The predicted octanol–water partition coefficient (Wildman–Crippen LogP) is 7.97. The normalized spacial score (nSPS) is 18.9. The zero-order valence-electron chi connectivity index (χ0n) is 22.4. The molecule has 2 nitrogen and oxygen atoms in total. The van der Waals surface area contributed by atoms with Crippen molar-refractivity contribution in [3.63, 3.8) is 0 Å². The molecule has 0 N–H and O–H groups in total. The van der Waals surface area contributed by atoms with Crippen LogP contribution in [0.1, 0.15) is 50.3 Å². The van der Waals surface area contributed by atoms with Crippen molar-refractivity contribution in [3.8, 4) is 22.3 Å². The van der Waals surface area contributed by atoms with Crippen molar-refractivity contribution in [3.05, 3.63) is 126 Å². The van der Waals surface area contributed by atoms with E-state index in [4.69, 9.17) is 9.31 Å². The highest BCUT2D eigenvalue weighted by Gasteiger charge is 2.51. The summed E-state index contributed by atoms with van der Waals surface area (Å²) in [6.07, 6.45) is 0. The second-order valence-electron chi connectivity index (χ2n) is 11.6. The Hall–Kier alpha value is -3.66. The molecule has 1 saturated heterocycles. The van der Waals surface area contributed by atoms with E-state index in [1.807, 2.05) is 0 Å². The van der Waals surface area contributed by atoms with E-state index in [1.165, 1.54) is 49.7 Å². The minimum atomic E-state index is -0.373. The molecule has 2 aliphatic rings. The van der Waals surface area contributed by atoms with Crippen LogP contribution in [0.3, 0.4) is 0 Å². The largest absolute Gasteiger partial charge is 0.494 e. The molecular formula is C35H31BO2. The summed E-state index contributed by atoms with van der Waals surface area (Å²) in [6.45, 7) is 8.40. The minimum absolute atomic E-state index is 0.206. The van der Waals surface area contributed by atoms with Crippen LogP contribution >= 0.6 is 0 Å². The smallest absolute Gasteiger partial charge is 0.399 e. The molecule has 0 amide bonds. The number of rotatable bonds is 3. The standard InChI is InChI=1S/C35H31BO2/c1-34(2)35(3,4)38-36(37-34)27-15-10-14-25(21-27)26-18-19-29-31(22-26)32(24-12-6-5-7-13-24)30-20-17-23-11-8-9-16-28(23)33(29)30/h5-22,32H,1-4H3. The topological polar surface area (TPSA) is 18.5 Å². The van der Waals surface area contributed by atoms with Gasteiger partial charge in [0.1, 0.15) is 0 Å². The van der Waals surface area contributed by atoms with Crippen molar-refractivity contribution in [2.75, 3.05) is 0 Å². The Labute approximate surface area is 225 Å². The van der Waals surface area contributed by atoms with Crippen molar-refractivity contribution < 1.29 is 9.31 Å². The Morgan fingerprint density at radius 2 is 1.32 bits per heavy atom. The van der Waals surface area contributed by atoms with Crippen LogP contribution in [-0.4, -0.2) is 18.3 Å². The molecule has 0 spiro atoms. The van der Waals surface area contributed by atoms with E-state index >= 15 is 0 Å². The maximum absolute atomic E-state index is 6.35. The Balaban J connectivity index is 1.36. The number of hydrogen-bond donors (Lipinski definition) is 0. The van der Waals surface area contributed by atoms with E-state index in [-0.39, 0.29) is 24.2 Å². The quantitative estimate of drug-likeness (QED) is 0.232. The van der Waals surface area contributed by atoms with Gasteiger partial charge < -0.3 is 9.31 Å². The molecule has 0 radical (unpaired) electrons. The highest BCUT2D eigenvalue weighted by atomic mass is 16.7. The van der Waals surface area contributed by atoms with Crippen LogP contribution in [-0.2, 0) is 9.31 Å². The Bertz CT molecular complexity index is 1670. The van der Waals surface area contributed by atoms with E-state index < -0.39 is 0 Å². The molecule has 38 heavy (non-hydrogen) atoms. The van der Waals surface area contributed by atoms with Gasteiger partial charge in [0.25, 0.3) is 0 Å². The van der Waals surface area contributed by atoms with Gasteiger partial charge in [-0.1, -0.05) is 103 Å². The van der Waals surface area contributed by atoms with Crippen molar-refractivity contribution >= 4 is 23.4 Å². The monoisotopic (exact) mass is 494 g/mol. The summed E-state index contributed by atoms with van der Waals surface area (Å²) in [5.41, 5.74) is 9.47. The molecule has 0 aromatic heterocycles. The summed E-state index contributed by atoms with van der Waals surface area (Å²) in [5.74, 6) is 0.206. The van der Waals surface area contributed by atoms with Gasteiger partial charge in [-0.15, -0.1) is 0 Å². The van der Waals surface area contributed by atoms with Crippen molar-refractivity contribution in [2.24, 2.45) is 0 Å². The Kier molecular flexibility index (Phi) is 5.20. The molecule has 1 unspecified atom stereocenters. The first-order valence-corrected chi connectivity index (χ1v) is 13.5. The van der Waals surface area contributed by atoms with Gasteiger partial charge in [0.15, 0.2) is 0 Å². The molecule has 5 aromatic carbocycles. The maximum Gasteiger partial charge on any atom is 0.494 e. The van der Waals surface area contributed by atoms with Gasteiger partial charge in [0.05, 0.1) is 11.2 Å². The lowest BCUT2D eigenvalue weighted by Gasteiger charge is -2.32. The molecule has 0 bridgehead atoms. The third kappa shape index (κ3) is 3.57. The average molecular weight is 494 g/mol. The third-order valence-electron chi connectivity index (χ3n) is 8.78. The maximum atomic E-state index is 6.35. The molecule has 186 valence electrons. The van der Waals surface area contributed by atoms with Gasteiger partial charge in [0, 0.05) is 5.92 Å². The van der Waals surface area contributed by atoms with E-state index in [9.17, 15) is 0 Å². The molecule has 1 fully saturated rings. The van der Waals surface area contributed by atoms with Gasteiger partial charge >= 0.3 is 7.12 Å². The van der Waals surface area contributed by atoms with Crippen molar-refractivity contribution in [2.45, 2.75) is 44.8 Å². The molecule has 1 heterocycles. The number of fused-ring (bicyclic) bond motifs is 5. The lowest BCUT2D eigenvalue weighted by Crippen LogP contribution is -2.41.